The van der Waals surface area contributed by atoms with Crippen LogP contribution in [0.3, 0.4) is 0 Å². The highest BCUT2D eigenvalue weighted by molar-refractivity contribution is 9.10. The van der Waals surface area contributed by atoms with Crippen molar-refractivity contribution in [2.45, 2.75) is 17.7 Å². The molecule has 0 radical (unpaired) electrons. The van der Waals surface area contributed by atoms with E-state index in [9.17, 15) is 0 Å². The van der Waals surface area contributed by atoms with Crippen LogP contribution >= 0.6 is 39.3 Å². The predicted octanol–water partition coefficient (Wildman–Crippen LogP) is 5.10. The van der Waals surface area contributed by atoms with Crippen LogP contribution in [0.1, 0.15) is 11.1 Å². The van der Waals surface area contributed by atoms with Gasteiger partial charge >= 0.3 is 0 Å². The van der Waals surface area contributed by atoms with Crippen LogP contribution in [0.25, 0.3) is 0 Å². The first kappa shape index (κ1) is 12.9. The van der Waals surface area contributed by atoms with Crippen molar-refractivity contribution in [2.24, 2.45) is 0 Å². The van der Waals surface area contributed by atoms with Gasteiger partial charge in [0, 0.05) is 21.4 Å². The third-order valence-electron chi connectivity index (χ3n) is 2.36. The molecule has 0 bridgehead atoms. The first-order valence-electron chi connectivity index (χ1n) is 5.15. The predicted molar refractivity (Wildman–Crippen MR) is 77.7 cm³/mol. The summed E-state index contributed by atoms with van der Waals surface area (Å²) in [5, 5.41) is 1.83. The Morgan fingerprint density at radius 2 is 2.12 bits per heavy atom. The van der Waals surface area contributed by atoms with E-state index in [1.54, 1.807) is 11.8 Å². The lowest BCUT2D eigenvalue weighted by Gasteiger charge is -2.05. The molecule has 17 heavy (non-hydrogen) atoms. The summed E-state index contributed by atoms with van der Waals surface area (Å²) in [5.74, 6) is 0.841. The number of hydrogen-bond donors (Lipinski definition) is 0. The van der Waals surface area contributed by atoms with E-state index in [1.807, 2.05) is 30.5 Å². The number of nitrogens with zero attached hydrogens (tertiary/aromatic N) is 1. The molecule has 0 amide bonds. The van der Waals surface area contributed by atoms with E-state index >= 15 is 0 Å². The van der Waals surface area contributed by atoms with Gasteiger partial charge in [-0.2, -0.15) is 0 Å². The number of aryl methyl sites for hydroxylation is 1. The molecule has 0 aliphatic carbocycles. The van der Waals surface area contributed by atoms with Gasteiger partial charge in [0.25, 0.3) is 0 Å². The minimum absolute atomic E-state index is 0.814. The van der Waals surface area contributed by atoms with Crippen molar-refractivity contribution in [2.75, 3.05) is 0 Å². The van der Waals surface area contributed by atoms with Gasteiger partial charge in [-0.3, -0.25) is 0 Å². The summed E-state index contributed by atoms with van der Waals surface area (Å²) in [6.07, 6.45) is 1.84. The lowest BCUT2D eigenvalue weighted by molar-refractivity contribution is 1.10. The highest BCUT2D eigenvalue weighted by Crippen LogP contribution is 2.27. The quantitative estimate of drug-likeness (QED) is 0.727. The van der Waals surface area contributed by atoms with Crippen molar-refractivity contribution in [1.82, 2.24) is 4.98 Å². The van der Waals surface area contributed by atoms with Crippen LogP contribution in [0.5, 0.6) is 0 Å². The molecule has 0 aliphatic heterocycles. The number of benzene rings is 1. The molecule has 0 fully saturated rings. The Kier molecular flexibility index (Phi) is 4.48. The lowest BCUT2D eigenvalue weighted by Crippen LogP contribution is -1.86. The molecule has 0 N–H and O–H groups in total. The Bertz CT molecular complexity index is 531. The van der Waals surface area contributed by atoms with E-state index in [-0.39, 0.29) is 0 Å². The molecule has 0 saturated heterocycles. The molecule has 0 unspecified atom stereocenters. The molecule has 2 rings (SSSR count). The molecule has 0 saturated carbocycles. The van der Waals surface area contributed by atoms with Crippen molar-refractivity contribution >= 4 is 39.3 Å². The number of aromatic nitrogens is 1. The summed E-state index contributed by atoms with van der Waals surface area (Å²) in [6.45, 7) is 2.06. The second-order valence-electron chi connectivity index (χ2n) is 3.65. The minimum Gasteiger partial charge on any atom is -0.249 e. The topological polar surface area (TPSA) is 12.9 Å². The molecule has 0 aliphatic rings. The van der Waals surface area contributed by atoms with Gasteiger partial charge in [-0.15, -0.1) is 11.8 Å². The fourth-order valence-corrected chi connectivity index (χ4v) is 2.80. The van der Waals surface area contributed by atoms with E-state index in [0.717, 1.165) is 25.8 Å². The van der Waals surface area contributed by atoms with E-state index in [2.05, 4.69) is 33.9 Å². The Labute approximate surface area is 119 Å². The minimum atomic E-state index is 0.814. The lowest BCUT2D eigenvalue weighted by atomic mass is 10.2. The number of pyridine rings is 1. The fourth-order valence-electron chi connectivity index (χ4n) is 1.36. The van der Waals surface area contributed by atoms with Gasteiger partial charge in [0.15, 0.2) is 0 Å². The van der Waals surface area contributed by atoms with Gasteiger partial charge in [0.05, 0.1) is 5.03 Å². The maximum Gasteiger partial charge on any atom is 0.0966 e. The van der Waals surface area contributed by atoms with Crippen LogP contribution < -0.4 is 0 Å². The van der Waals surface area contributed by atoms with Gasteiger partial charge < -0.3 is 0 Å². The van der Waals surface area contributed by atoms with Gasteiger partial charge in [0.2, 0.25) is 0 Å². The first-order chi connectivity index (χ1) is 8.16. The molecular formula is C13H11BrClNS. The highest BCUT2D eigenvalue weighted by Gasteiger charge is 2.03. The maximum atomic E-state index is 6.11. The van der Waals surface area contributed by atoms with Crippen molar-refractivity contribution in [3.63, 3.8) is 0 Å². The van der Waals surface area contributed by atoms with Crippen molar-refractivity contribution in [3.05, 3.63) is 57.2 Å². The molecule has 88 valence electrons. The molecule has 4 heteroatoms. The molecule has 1 nitrogen and oxygen atoms in total. The molecule has 0 spiro atoms. The molecule has 1 heterocycles. The maximum absolute atomic E-state index is 6.11. The van der Waals surface area contributed by atoms with Crippen LogP contribution in [0.2, 0.25) is 5.02 Å². The monoisotopic (exact) mass is 327 g/mol. The fraction of sp³-hybridized carbons (Fsp3) is 0.154. The Balaban J connectivity index is 2.08. The smallest absolute Gasteiger partial charge is 0.0966 e. The van der Waals surface area contributed by atoms with Gasteiger partial charge in [-0.25, -0.2) is 4.98 Å². The zero-order valence-corrected chi connectivity index (χ0v) is 12.4. The summed E-state index contributed by atoms with van der Waals surface area (Å²) in [5.41, 5.74) is 2.34. The molecule has 0 atom stereocenters. The molecular weight excluding hydrogens is 318 g/mol. The van der Waals surface area contributed by atoms with Crippen molar-refractivity contribution < 1.29 is 0 Å². The number of halogens is 2. The van der Waals surface area contributed by atoms with Crippen LogP contribution in [0.15, 0.2) is 46.0 Å². The summed E-state index contributed by atoms with van der Waals surface area (Å²) in [7, 11) is 0. The summed E-state index contributed by atoms with van der Waals surface area (Å²) in [6, 6.07) is 9.98. The van der Waals surface area contributed by atoms with Crippen molar-refractivity contribution in [3.8, 4) is 0 Å². The molecule has 1 aromatic carbocycles. The SMILES string of the molecule is Cc1cc(SCc2ccccc2Cl)ncc1Br. The Hall–Kier alpha value is -0.510. The van der Waals surface area contributed by atoms with Crippen LogP contribution in [0.4, 0.5) is 0 Å². The average molecular weight is 329 g/mol. The zero-order valence-electron chi connectivity index (χ0n) is 9.28. The van der Waals surface area contributed by atoms with Gasteiger partial charge in [-0.05, 0) is 46.1 Å². The Morgan fingerprint density at radius 1 is 1.35 bits per heavy atom. The molecule has 2 aromatic rings. The van der Waals surface area contributed by atoms with Crippen LogP contribution in [-0.4, -0.2) is 4.98 Å². The second-order valence-corrected chi connectivity index (χ2v) is 5.91. The van der Waals surface area contributed by atoms with E-state index < -0.39 is 0 Å². The molecule has 1 aromatic heterocycles. The third kappa shape index (κ3) is 3.47. The highest BCUT2D eigenvalue weighted by atomic mass is 79.9. The van der Waals surface area contributed by atoms with Crippen LogP contribution in [0, 0.1) is 6.92 Å². The standard InChI is InChI=1S/C13H11BrClNS/c1-9-6-13(16-7-11(9)14)17-8-10-4-2-3-5-12(10)15/h2-7H,8H2,1H3. The van der Waals surface area contributed by atoms with Gasteiger partial charge in [0.1, 0.15) is 0 Å². The summed E-state index contributed by atoms with van der Waals surface area (Å²) < 4.78 is 1.04. The summed E-state index contributed by atoms with van der Waals surface area (Å²) in [4.78, 5) is 4.36. The normalized spacial score (nSPS) is 10.5. The van der Waals surface area contributed by atoms with Crippen molar-refractivity contribution in [1.29, 1.82) is 0 Å². The van der Waals surface area contributed by atoms with Crippen LogP contribution in [-0.2, 0) is 5.75 Å². The van der Waals surface area contributed by atoms with Gasteiger partial charge in [-0.1, -0.05) is 29.8 Å². The number of hydrogen-bond acceptors (Lipinski definition) is 2. The Morgan fingerprint density at radius 3 is 2.82 bits per heavy atom. The van der Waals surface area contributed by atoms with E-state index in [4.69, 9.17) is 11.6 Å². The number of thioether (sulfide) groups is 1. The third-order valence-corrected chi connectivity index (χ3v) is 4.53. The second kappa shape index (κ2) is 5.89. The largest absolute Gasteiger partial charge is 0.249 e. The summed E-state index contributed by atoms with van der Waals surface area (Å²) >= 11 is 11.2. The first-order valence-corrected chi connectivity index (χ1v) is 7.31. The number of rotatable bonds is 3. The zero-order chi connectivity index (χ0) is 12.3. The van der Waals surface area contributed by atoms with E-state index in [1.165, 1.54) is 5.56 Å². The van der Waals surface area contributed by atoms with E-state index in [0.29, 0.717) is 0 Å². The average Bonchev–Trinajstić information content (AvgIpc) is 2.32.